The van der Waals surface area contributed by atoms with E-state index in [1.54, 1.807) is 90.6 Å². The minimum absolute atomic E-state index is 0.0811. The topological polar surface area (TPSA) is 156 Å². The molecule has 264 valence electrons. The van der Waals surface area contributed by atoms with Gasteiger partial charge in [-0.3, -0.25) is 14.4 Å². The average molecular weight is 712 g/mol. The first-order chi connectivity index (χ1) is 24.2. The van der Waals surface area contributed by atoms with E-state index < -0.39 is 11.7 Å². The number of fused-ring (bicyclic) bond motifs is 1. The Hall–Kier alpha value is -5.82. The van der Waals surface area contributed by atoms with E-state index in [-0.39, 0.29) is 39.7 Å². The smallest absolute Gasteiger partial charge is 0.410 e. The van der Waals surface area contributed by atoms with E-state index in [0.717, 1.165) is 0 Å². The minimum Gasteiger partial charge on any atom is -0.456 e. The van der Waals surface area contributed by atoms with Gasteiger partial charge in [0.1, 0.15) is 22.9 Å². The first kappa shape index (κ1) is 35.0. The number of ether oxygens (including phenoxy) is 2. The molecule has 5 aromatic rings. The fraction of sp³-hybridized carbons (Fsp3) is 0.270. The summed E-state index contributed by atoms with van der Waals surface area (Å²) < 4.78 is 12.8. The highest BCUT2D eigenvalue weighted by atomic mass is 35.5. The molecule has 0 atom stereocenters. The zero-order chi connectivity index (χ0) is 36.6. The van der Waals surface area contributed by atoms with Gasteiger partial charge >= 0.3 is 6.09 Å². The van der Waals surface area contributed by atoms with E-state index in [1.165, 1.54) is 15.8 Å². The Morgan fingerprint density at radius 2 is 1.61 bits per heavy atom. The third kappa shape index (κ3) is 7.38. The number of nitrogens with two attached hydrogens (primary N) is 1. The quantitative estimate of drug-likeness (QED) is 0.195. The number of nitrogen functional groups attached to an aromatic ring is 1. The summed E-state index contributed by atoms with van der Waals surface area (Å²) in [5.41, 5.74) is 8.23. The Labute approximate surface area is 299 Å². The van der Waals surface area contributed by atoms with Gasteiger partial charge in [0.05, 0.1) is 33.7 Å². The molecule has 1 saturated heterocycles. The van der Waals surface area contributed by atoms with E-state index in [1.807, 2.05) is 20.8 Å². The van der Waals surface area contributed by atoms with Crippen LogP contribution in [0.4, 0.5) is 10.6 Å². The van der Waals surface area contributed by atoms with Gasteiger partial charge in [-0.25, -0.2) is 9.48 Å². The monoisotopic (exact) mass is 711 g/mol. The van der Waals surface area contributed by atoms with Crippen LogP contribution in [0.1, 0.15) is 57.5 Å². The molecule has 13 nitrogen and oxygen atoms in total. The van der Waals surface area contributed by atoms with Gasteiger partial charge in [-0.15, -0.1) is 0 Å². The molecular weight excluding hydrogens is 674 g/mol. The molecule has 3 N–H and O–H groups in total. The molecule has 0 aliphatic carbocycles. The Kier molecular flexibility index (Phi) is 9.50. The van der Waals surface area contributed by atoms with E-state index >= 15 is 0 Å². The molecule has 6 rings (SSSR count). The molecule has 0 spiro atoms. The zero-order valence-corrected chi connectivity index (χ0v) is 29.7. The maximum Gasteiger partial charge on any atom is 0.410 e. The van der Waals surface area contributed by atoms with Crippen LogP contribution in [0.2, 0.25) is 5.02 Å². The molecule has 51 heavy (non-hydrogen) atoms. The van der Waals surface area contributed by atoms with Crippen molar-refractivity contribution in [1.29, 1.82) is 0 Å². The maximum atomic E-state index is 13.6. The number of hydrogen-bond acceptors (Lipinski definition) is 8. The molecule has 1 aliphatic heterocycles. The number of halogens is 1. The highest BCUT2D eigenvalue weighted by Crippen LogP contribution is 2.33. The summed E-state index contributed by atoms with van der Waals surface area (Å²) in [5, 5.41) is 5.27. The van der Waals surface area contributed by atoms with Crippen molar-refractivity contribution in [1.82, 2.24) is 29.5 Å². The van der Waals surface area contributed by atoms with Gasteiger partial charge in [0.2, 0.25) is 5.78 Å². The lowest BCUT2D eigenvalue weighted by Crippen LogP contribution is -2.51. The van der Waals surface area contributed by atoms with Gasteiger partial charge in [-0.05, 0) is 69.3 Å². The summed E-state index contributed by atoms with van der Waals surface area (Å²) in [5.74, 6) is 0.0886. The Balaban J connectivity index is 1.15. The Morgan fingerprint density at radius 1 is 0.902 bits per heavy atom. The lowest BCUT2D eigenvalue weighted by atomic mass is 10.1. The molecule has 3 amide bonds. The van der Waals surface area contributed by atoms with Crippen LogP contribution in [0.15, 0.2) is 72.9 Å². The van der Waals surface area contributed by atoms with Crippen molar-refractivity contribution in [3.05, 3.63) is 100 Å². The predicted molar refractivity (Wildman–Crippen MR) is 193 cm³/mol. The van der Waals surface area contributed by atoms with Crippen LogP contribution in [-0.4, -0.2) is 99.0 Å². The largest absolute Gasteiger partial charge is 0.456 e. The number of rotatable bonds is 7. The molecule has 0 bridgehead atoms. The molecule has 14 heteroatoms. The number of carbonyl (C=O) groups is 4. The molecular formula is C37H38ClN7O6. The van der Waals surface area contributed by atoms with E-state index in [0.29, 0.717) is 65.4 Å². The Bertz CT molecular complexity index is 2160. The van der Waals surface area contributed by atoms with Gasteiger partial charge in [-0.2, -0.15) is 5.10 Å². The lowest BCUT2D eigenvalue weighted by molar-refractivity contribution is 0.0141. The highest BCUT2D eigenvalue weighted by Gasteiger charge is 2.29. The lowest BCUT2D eigenvalue weighted by Gasteiger charge is -2.35. The normalized spacial score (nSPS) is 13.3. The first-order valence-electron chi connectivity index (χ1n) is 16.3. The predicted octanol–water partition coefficient (Wildman–Crippen LogP) is 6.01. The molecule has 3 aromatic carbocycles. The van der Waals surface area contributed by atoms with Crippen molar-refractivity contribution in [3.8, 4) is 17.2 Å². The van der Waals surface area contributed by atoms with Crippen LogP contribution in [0.25, 0.3) is 16.6 Å². The van der Waals surface area contributed by atoms with Crippen LogP contribution in [0.5, 0.6) is 11.5 Å². The van der Waals surface area contributed by atoms with E-state index in [9.17, 15) is 19.2 Å². The molecule has 0 radical (unpaired) electrons. The maximum absolute atomic E-state index is 13.6. The number of aromatic nitrogens is 3. The van der Waals surface area contributed by atoms with Crippen molar-refractivity contribution < 1.29 is 28.7 Å². The van der Waals surface area contributed by atoms with Gasteiger partial charge in [0.15, 0.2) is 0 Å². The number of nitrogens with zero attached hydrogens (tertiary/aromatic N) is 5. The number of anilines is 1. The molecule has 1 fully saturated rings. The Morgan fingerprint density at radius 3 is 2.29 bits per heavy atom. The summed E-state index contributed by atoms with van der Waals surface area (Å²) in [7, 11) is 3.33. The number of H-pyrrole nitrogens is 1. The highest BCUT2D eigenvalue weighted by molar-refractivity contribution is 6.32. The van der Waals surface area contributed by atoms with Gasteiger partial charge in [0, 0.05) is 62.8 Å². The number of aromatic amines is 1. The number of carbonyl (C=O) groups excluding carboxylic acids is 4. The SMILES string of the molecule is CN(C)C(=O)c1ccccc1Oc1ccc(-n2ncc(C(=O)c3cc4cc(C(=O)N5CCN(C(=O)OC(C)(C)C)CC5)ccc4[nH]3)c2N)c(Cl)c1. The van der Waals surface area contributed by atoms with Crippen molar-refractivity contribution >= 4 is 52.0 Å². The van der Waals surface area contributed by atoms with Crippen LogP contribution in [0.3, 0.4) is 0 Å². The number of nitrogens with one attached hydrogen (secondary N) is 1. The number of hydrogen-bond donors (Lipinski definition) is 2. The molecule has 2 aromatic heterocycles. The molecule has 3 heterocycles. The van der Waals surface area contributed by atoms with Gasteiger partial charge in [-0.1, -0.05) is 23.7 Å². The summed E-state index contributed by atoms with van der Waals surface area (Å²) in [6.45, 7) is 6.95. The number of para-hydroxylation sites is 1. The van der Waals surface area contributed by atoms with Crippen LogP contribution in [0, 0.1) is 0 Å². The summed E-state index contributed by atoms with van der Waals surface area (Å²) in [6.07, 6.45) is 0.981. The second-order valence-corrected chi connectivity index (χ2v) is 13.7. The molecule has 0 saturated carbocycles. The molecule has 0 unspecified atom stereocenters. The van der Waals surface area contributed by atoms with Crippen molar-refractivity contribution in [3.63, 3.8) is 0 Å². The first-order valence-corrected chi connectivity index (χ1v) is 16.6. The summed E-state index contributed by atoms with van der Waals surface area (Å²) >= 11 is 6.64. The standard InChI is InChI=1S/C37H38ClN7O6/c1-37(2,3)51-36(49)44-16-14-43(15-17-44)34(47)22-10-12-28-23(18-22)19-29(41-28)32(46)26-21-40-45(33(26)39)30-13-11-24(20-27(30)38)50-31-9-7-6-8-25(31)35(48)42(4)5/h6-13,18-21,41H,14-17,39H2,1-5H3. The third-order valence-corrected chi connectivity index (χ3v) is 8.58. The van der Waals surface area contributed by atoms with Crippen molar-refractivity contribution in [2.75, 3.05) is 46.0 Å². The second-order valence-electron chi connectivity index (χ2n) is 13.3. The van der Waals surface area contributed by atoms with Crippen molar-refractivity contribution in [2.24, 2.45) is 0 Å². The van der Waals surface area contributed by atoms with Crippen LogP contribution >= 0.6 is 11.6 Å². The zero-order valence-electron chi connectivity index (χ0n) is 28.9. The summed E-state index contributed by atoms with van der Waals surface area (Å²) in [4.78, 5) is 59.9. The van der Waals surface area contributed by atoms with Crippen LogP contribution < -0.4 is 10.5 Å². The minimum atomic E-state index is -0.594. The number of piperazine rings is 1. The second kappa shape index (κ2) is 13.8. The van der Waals surface area contributed by atoms with Gasteiger partial charge in [0.25, 0.3) is 11.8 Å². The van der Waals surface area contributed by atoms with Crippen molar-refractivity contribution in [2.45, 2.75) is 26.4 Å². The summed E-state index contributed by atoms with van der Waals surface area (Å²) in [6, 6.07) is 18.7. The fourth-order valence-electron chi connectivity index (χ4n) is 5.68. The average Bonchev–Trinajstić information content (AvgIpc) is 3.70. The van der Waals surface area contributed by atoms with Crippen LogP contribution in [-0.2, 0) is 4.74 Å². The number of benzene rings is 3. The number of ketones is 1. The number of amides is 3. The van der Waals surface area contributed by atoms with E-state index in [2.05, 4.69) is 10.1 Å². The fourth-order valence-corrected chi connectivity index (χ4v) is 5.93. The van der Waals surface area contributed by atoms with Gasteiger partial charge < -0.3 is 34.9 Å². The van der Waals surface area contributed by atoms with E-state index in [4.69, 9.17) is 26.8 Å². The third-order valence-electron chi connectivity index (χ3n) is 8.28. The molecule has 1 aliphatic rings.